The summed E-state index contributed by atoms with van der Waals surface area (Å²) < 4.78 is 17.9. The van der Waals surface area contributed by atoms with Crippen LogP contribution < -0.4 is 0 Å². The third kappa shape index (κ3) is 9.67. The van der Waals surface area contributed by atoms with Gasteiger partial charge in [-0.3, -0.25) is 9.59 Å². The second-order valence-electron chi connectivity index (χ2n) is 18.0. The van der Waals surface area contributed by atoms with E-state index in [-0.39, 0.29) is 37.1 Å². The third-order valence-corrected chi connectivity index (χ3v) is 13.4. The lowest BCUT2D eigenvalue weighted by atomic mass is 9.96. The van der Waals surface area contributed by atoms with Gasteiger partial charge >= 0.3 is 11.9 Å². The number of hydrogen-bond donors (Lipinski definition) is 1. The van der Waals surface area contributed by atoms with Gasteiger partial charge < -0.3 is 18.7 Å². The zero-order chi connectivity index (χ0) is 48.3. The summed E-state index contributed by atoms with van der Waals surface area (Å²) in [6.07, 6.45) is 1.53. The standard InChI is InChI=1S/C32H25NO3.C31H23NO3.CH4/c1-35-32(34)28-20-27(28)24-16-10-15-23(19-24)25-17-8-9-18-26(25)31-33-29(21-11-4-2-5-12-21)30(36-31)22-13-6-3-7-14-22;33-31(34)27-19-26(27)23-15-9-14-22(18-23)24-16-7-8-17-25(24)30-32-28(20-10-3-1-4-11-20)29(35-30)21-12-5-2-6-13-21;/h2-19,27-28H,20H2,1H3;1-18,26-27H,19H2,(H,33,34);1H4. The molecule has 0 amide bonds. The Kier molecular flexibility index (Phi) is 13.4. The van der Waals surface area contributed by atoms with E-state index < -0.39 is 5.97 Å². The van der Waals surface area contributed by atoms with Crippen molar-refractivity contribution in [3.8, 4) is 90.3 Å². The molecule has 2 aliphatic carbocycles. The molecule has 2 heterocycles. The van der Waals surface area contributed by atoms with Crippen LogP contribution in [0, 0.1) is 11.8 Å². The summed E-state index contributed by atoms with van der Waals surface area (Å²) >= 11 is 0. The number of benzene rings is 8. The molecule has 8 aromatic carbocycles. The molecule has 0 radical (unpaired) electrons. The normalized spacial score (nSPS) is 16.3. The molecular formula is C64H52N2O6. The molecule has 4 unspecified atom stereocenters. The number of esters is 1. The highest BCUT2D eigenvalue weighted by Gasteiger charge is 2.45. The first-order valence-corrected chi connectivity index (χ1v) is 23.8. The highest BCUT2D eigenvalue weighted by atomic mass is 16.5. The highest BCUT2D eigenvalue weighted by molar-refractivity contribution is 5.87. The maximum Gasteiger partial charge on any atom is 0.309 e. The number of aliphatic carboxylic acids is 1. The van der Waals surface area contributed by atoms with Crippen molar-refractivity contribution >= 4 is 11.9 Å². The molecule has 0 aliphatic heterocycles. The SMILES string of the molecule is C.COC(=O)C1CC1c1cccc(-c2ccccc2-c2nc(-c3ccccc3)c(-c3ccccc3)o2)c1.O=C(O)C1CC1c1cccc(-c2ccccc2-c2nc(-c3ccccc3)c(-c3ccccc3)o2)c1. The number of carbonyl (C=O) groups excluding carboxylic acids is 1. The van der Waals surface area contributed by atoms with Gasteiger partial charge in [0.15, 0.2) is 11.5 Å². The number of methoxy groups -OCH3 is 1. The van der Waals surface area contributed by atoms with E-state index in [1.54, 1.807) is 0 Å². The minimum Gasteiger partial charge on any atom is -0.481 e. The van der Waals surface area contributed by atoms with Gasteiger partial charge in [0, 0.05) is 33.4 Å². The molecule has 10 aromatic rings. The summed E-state index contributed by atoms with van der Waals surface area (Å²) in [6, 6.07) is 73.1. The van der Waals surface area contributed by atoms with Gasteiger partial charge in [0.05, 0.1) is 18.9 Å². The molecule has 72 heavy (non-hydrogen) atoms. The van der Waals surface area contributed by atoms with Crippen LogP contribution in [0.3, 0.4) is 0 Å². The summed E-state index contributed by atoms with van der Waals surface area (Å²) in [5.41, 5.74) is 13.7. The summed E-state index contributed by atoms with van der Waals surface area (Å²) in [6.45, 7) is 0. The fourth-order valence-electron chi connectivity index (χ4n) is 9.55. The van der Waals surface area contributed by atoms with Gasteiger partial charge in [0.2, 0.25) is 11.8 Å². The van der Waals surface area contributed by atoms with Crippen molar-refractivity contribution in [3.05, 3.63) is 230 Å². The Bertz CT molecular complexity index is 3380. The molecule has 8 heteroatoms. The quantitative estimate of drug-likeness (QED) is 0.120. The van der Waals surface area contributed by atoms with Gasteiger partial charge in [-0.15, -0.1) is 0 Å². The predicted molar refractivity (Wildman–Crippen MR) is 285 cm³/mol. The Balaban J connectivity index is 0.000000163. The monoisotopic (exact) mass is 944 g/mol. The van der Waals surface area contributed by atoms with Crippen molar-refractivity contribution in [2.24, 2.45) is 11.8 Å². The van der Waals surface area contributed by atoms with Crippen LogP contribution >= 0.6 is 0 Å². The number of rotatable bonds is 12. The van der Waals surface area contributed by atoms with Crippen molar-refractivity contribution in [1.82, 2.24) is 9.97 Å². The molecule has 2 aromatic heterocycles. The van der Waals surface area contributed by atoms with Crippen LogP contribution in [-0.2, 0) is 14.3 Å². The molecule has 12 rings (SSSR count). The Labute approximate surface area is 419 Å². The van der Waals surface area contributed by atoms with Gasteiger partial charge in [-0.1, -0.05) is 214 Å². The lowest BCUT2D eigenvalue weighted by molar-refractivity contribution is -0.142. The van der Waals surface area contributed by atoms with Crippen molar-refractivity contribution in [2.75, 3.05) is 7.11 Å². The zero-order valence-electron chi connectivity index (χ0n) is 38.9. The number of nitrogens with zero attached hydrogens (tertiary/aromatic N) is 2. The summed E-state index contributed by atoms with van der Waals surface area (Å²) in [7, 11) is 1.45. The molecule has 354 valence electrons. The first-order chi connectivity index (χ1) is 34.9. The van der Waals surface area contributed by atoms with E-state index in [4.69, 9.17) is 23.5 Å². The summed E-state index contributed by atoms with van der Waals surface area (Å²) in [5, 5.41) is 9.36. The molecule has 2 saturated carbocycles. The number of carbonyl (C=O) groups is 2. The highest BCUT2D eigenvalue weighted by Crippen LogP contribution is 2.50. The second kappa shape index (κ2) is 20.6. The van der Waals surface area contributed by atoms with E-state index >= 15 is 0 Å². The molecule has 0 bridgehead atoms. The maximum absolute atomic E-state index is 12.0. The molecule has 0 spiro atoms. The van der Waals surface area contributed by atoms with Gasteiger partial charge in [0.1, 0.15) is 11.4 Å². The first-order valence-electron chi connectivity index (χ1n) is 23.8. The van der Waals surface area contributed by atoms with Gasteiger partial charge in [-0.25, -0.2) is 9.97 Å². The minimum atomic E-state index is -0.720. The molecule has 8 nitrogen and oxygen atoms in total. The Hall–Kier alpha value is -8.88. The van der Waals surface area contributed by atoms with E-state index in [0.29, 0.717) is 18.2 Å². The molecular weight excluding hydrogens is 893 g/mol. The number of carboxylic acids is 1. The Morgan fingerprint density at radius 3 is 1.18 bits per heavy atom. The van der Waals surface area contributed by atoms with Crippen LogP contribution in [0.15, 0.2) is 227 Å². The lowest BCUT2D eigenvalue weighted by Gasteiger charge is -2.09. The van der Waals surface area contributed by atoms with Crippen LogP contribution in [0.25, 0.3) is 90.3 Å². The van der Waals surface area contributed by atoms with Gasteiger partial charge in [-0.2, -0.15) is 0 Å². The number of hydrogen-bond acceptors (Lipinski definition) is 7. The van der Waals surface area contributed by atoms with Crippen LogP contribution in [0.5, 0.6) is 0 Å². The van der Waals surface area contributed by atoms with E-state index in [1.807, 2.05) is 158 Å². The van der Waals surface area contributed by atoms with E-state index in [1.165, 1.54) is 7.11 Å². The van der Waals surface area contributed by atoms with Crippen molar-refractivity contribution in [2.45, 2.75) is 32.1 Å². The largest absolute Gasteiger partial charge is 0.481 e. The molecule has 2 aliphatic rings. The van der Waals surface area contributed by atoms with Crippen LogP contribution in [-0.4, -0.2) is 34.1 Å². The number of oxazole rings is 2. The molecule has 1 N–H and O–H groups in total. The molecule has 4 atom stereocenters. The van der Waals surface area contributed by atoms with Crippen molar-refractivity contribution < 1.29 is 28.3 Å². The lowest BCUT2D eigenvalue weighted by Crippen LogP contribution is -2.03. The average Bonchev–Trinajstić information content (AvgIpc) is 4.34. The summed E-state index contributed by atoms with van der Waals surface area (Å²) in [5.74, 6) is 1.72. The first kappa shape index (κ1) is 46.8. The van der Waals surface area contributed by atoms with E-state index in [9.17, 15) is 14.7 Å². The summed E-state index contributed by atoms with van der Waals surface area (Å²) in [4.78, 5) is 33.3. The average molecular weight is 945 g/mol. The topological polar surface area (TPSA) is 116 Å². The van der Waals surface area contributed by atoms with Crippen LogP contribution in [0.2, 0.25) is 0 Å². The fourth-order valence-corrected chi connectivity index (χ4v) is 9.55. The minimum absolute atomic E-state index is 0. The van der Waals surface area contributed by atoms with Gasteiger partial charge in [-0.05, 0) is 70.2 Å². The maximum atomic E-state index is 12.0. The van der Waals surface area contributed by atoms with E-state index in [2.05, 4.69) is 60.7 Å². The van der Waals surface area contributed by atoms with Crippen LogP contribution in [0.1, 0.15) is 43.2 Å². The van der Waals surface area contributed by atoms with E-state index in [0.717, 1.165) is 96.1 Å². The zero-order valence-corrected chi connectivity index (χ0v) is 38.9. The third-order valence-electron chi connectivity index (χ3n) is 13.4. The van der Waals surface area contributed by atoms with Crippen molar-refractivity contribution in [3.63, 3.8) is 0 Å². The number of carboxylic acid groups (broad SMARTS) is 1. The second-order valence-corrected chi connectivity index (χ2v) is 18.0. The fraction of sp³-hybridized carbons (Fsp3) is 0.125. The van der Waals surface area contributed by atoms with Gasteiger partial charge in [0.25, 0.3) is 0 Å². The van der Waals surface area contributed by atoms with Crippen LogP contribution in [0.4, 0.5) is 0 Å². The van der Waals surface area contributed by atoms with Crippen molar-refractivity contribution in [1.29, 1.82) is 0 Å². The molecule has 0 saturated heterocycles. The Morgan fingerprint density at radius 2 is 0.792 bits per heavy atom. The Morgan fingerprint density at radius 1 is 0.444 bits per heavy atom. The smallest absolute Gasteiger partial charge is 0.309 e. The predicted octanol–water partition coefficient (Wildman–Crippen LogP) is 15.8. The number of aromatic nitrogens is 2. The molecule has 2 fully saturated rings. The number of ether oxygens (including phenoxy) is 1.